The molecular weight excluding hydrogens is 228 g/mol. The third-order valence-electron chi connectivity index (χ3n) is 2.36. The third-order valence-corrected chi connectivity index (χ3v) is 2.36. The van der Waals surface area contributed by atoms with Crippen molar-refractivity contribution in [3.8, 4) is 6.07 Å². The van der Waals surface area contributed by atoms with E-state index >= 15 is 0 Å². The highest BCUT2D eigenvalue weighted by Crippen LogP contribution is 2.11. The summed E-state index contributed by atoms with van der Waals surface area (Å²) >= 11 is 0. The summed E-state index contributed by atoms with van der Waals surface area (Å²) in [5, 5.41) is 14.7. The Hall–Kier alpha value is -2.09. The van der Waals surface area contributed by atoms with Gasteiger partial charge in [-0.3, -0.25) is 4.79 Å². The summed E-state index contributed by atoms with van der Waals surface area (Å²) in [6.45, 7) is 6.47. The molecule has 2 N–H and O–H groups in total. The lowest BCUT2D eigenvalue weighted by Crippen LogP contribution is -2.39. The molecule has 5 nitrogen and oxygen atoms in total. The molecule has 1 atom stereocenters. The van der Waals surface area contributed by atoms with Gasteiger partial charge in [0.1, 0.15) is 12.1 Å². The molecule has 0 aliphatic carbocycles. The largest absolute Gasteiger partial charge is 0.372 e. The van der Waals surface area contributed by atoms with Gasteiger partial charge in [-0.1, -0.05) is 13.8 Å². The Labute approximate surface area is 107 Å². The molecule has 0 saturated carbocycles. The van der Waals surface area contributed by atoms with Gasteiger partial charge >= 0.3 is 0 Å². The van der Waals surface area contributed by atoms with Gasteiger partial charge in [0.05, 0.1) is 5.69 Å². The first-order chi connectivity index (χ1) is 8.54. The Bertz CT molecular complexity index is 451. The molecule has 1 heterocycles. The van der Waals surface area contributed by atoms with Crippen molar-refractivity contribution < 1.29 is 4.79 Å². The van der Waals surface area contributed by atoms with Crippen molar-refractivity contribution in [3.63, 3.8) is 0 Å². The lowest BCUT2D eigenvalue weighted by Gasteiger charge is -2.16. The predicted molar refractivity (Wildman–Crippen MR) is 69.9 cm³/mol. The molecule has 1 unspecified atom stereocenters. The zero-order chi connectivity index (χ0) is 13.5. The van der Waals surface area contributed by atoms with Gasteiger partial charge in [-0.05, 0) is 25.0 Å². The highest BCUT2D eigenvalue weighted by molar-refractivity contribution is 5.84. The smallest absolute Gasteiger partial charge is 0.242 e. The molecule has 1 amide bonds. The van der Waals surface area contributed by atoms with Crippen LogP contribution in [-0.2, 0) is 4.79 Å². The first kappa shape index (κ1) is 14.0. The van der Waals surface area contributed by atoms with E-state index < -0.39 is 6.04 Å². The van der Waals surface area contributed by atoms with Crippen molar-refractivity contribution in [3.05, 3.63) is 24.0 Å². The summed E-state index contributed by atoms with van der Waals surface area (Å²) < 4.78 is 0. The minimum absolute atomic E-state index is 0.0866. The molecule has 0 aliphatic heterocycles. The number of rotatable bonds is 5. The van der Waals surface area contributed by atoms with Crippen molar-refractivity contribution in [1.82, 2.24) is 10.3 Å². The number of carbonyl (C=O) groups is 1. The van der Waals surface area contributed by atoms with E-state index in [2.05, 4.69) is 15.6 Å². The van der Waals surface area contributed by atoms with Crippen LogP contribution in [0.3, 0.4) is 0 Å². The molecule has 0 radical (unpaired) electrons. The number of anilines is 1. The van der Waals surface area contributed by atoms with Crippen molar-refractivity contribution in [1.29, 1.82) is 5.26 Å². The Morgan fingerprint density at radius 2 is 2.22 bits per heavy atom. The molecule has 0 bridgehead atoms. The fraction of sp³-hybridized carbons (Fsp3) is 0.462. The zero-order valence-electron chi connectivity index (χ0n) is 10.9. The van der Waals surface area contributed by atoms with Crippen LogP contribution in [0.1, 0.15) is 26.5 Å². The number of hydrogen-bond donors (Lipinski definition) is 2. The minimum atomic E-state index is -0.403. The maximum absolute atomic E-state index is 11.8. The van der Waals surface area contributed by atoms with Gasteiger partial charge in [-0.15, -0.1) is 0 Å². The molecule has 1 aromatic rings. The van der Waals surface area contributed by atoms with E-state index in [0.29, 0.717) is 23.8 Å². The zero-order valence-corrected chi connectivity index (χ0v) is 10.9. The second kappa shape index (κ2) is 6.60. The summed E-state index contributed by atoms with van der Waals surface area (Å²) in [5.41, 5.74) is 0.869. The molecule has 0 aromatic carbocycles. The lowest BCUT2D eigenvalue weighted by molar-refractivity contribution is -0.121. The summed E-state index contributed by atoms with van der Waals surface area (Å²) in [6.07, 6.45) is 1.55. The molecule has 1 aromatic heterocycles. The van der Waals surface area contributed by atoms with Crippen LogP contribution < -0.4 is 10.6 Å². The van der Waals surface area contributed by atoms with Crippen molar-refractivity contribution >= 4 is 11.6 Å². The number of pyridine rings is 1. The summed E-state index contributed by atoms with van der Waals surface area (Å²) in [7, 11) is 0. The topological polar surface area (TPSA) is 77.8 Å². The van der Waals surface area contributed by atoms with Crippen LogP contribution in [0.15, 0.2) is 18.3 Å². The van der Waals surface area contributed by atoms with Gasteiger partial charge in [0, 0.05) is 12.7 Å². The van der Waals surface area contributed by atoms with Gasteiger partial charge in [0.2, 0.25) is 5.91 Å². The summed E-state index contributed by atoms with van der Waals surface area (Å²) in [5.74, 6) is 0.325. The van der Waals surface area contributed by atoms with Crippen molar-refractivity contribution in [2.24, 2.45) is 5.92 Å². The van der Waals surface area contributed by atoms with Crippen LogP contribution in [-0.4, -0.2) is 23.5 Å². The standard InChI is InChI=1S/C13H18N4O/c1-9(2)8-16-13(18)10(3)17-11-5-4-6-15-12(11)7-14/h4-6,9-10,17H,8H2,1-3H3,(H,16,18). The van der Waals surface area contributed by atoms with E-state index in [1.165, 1.54) is 0 Å². The number of nitrogens with one attached hydrogen (secondary N) is 2. The van der Waals surface area contributed by atoms with Crippen LogP contribution >= 0.6 is 0 Å². The Morgan fingerprint density at radius 1 is 1.50 bits per heavy atom. The van der Waals surface area contributed by atoms with E-state index in [0.717, 1.165) is 0 Å². The number of carbonyl (C=O) groups excluding carboxylic acids is 1. The molecular formula is C13H18N4O. The number of aromatic nitrogens is 1. The number of hydrogen-bond acceptors (Lipinski definition) is 4. The van der Waals surface area contributed by atoms with Gasteiger partial charge in [0.15, 0.2) is 5.69 Å². The lowest BCUT2D eigenvalue weighted by atomic mass is 10.2. The SMILES string of the molecule is CC(C)CNC(=O)C(C)Nc1cccnc1C#N. The molecule has 1 rings (SSSR count). The molecule has 0 aliphatic rings. The molecule has 0 saturated heterocycles. The highest BCUT2D eigenvalue weighted by Gasteiger charge is 2.14. The van der Waals surface area contributed by atoms with Gasteiger partial charge < -0.3 is 10.6 Å². The van der Waals surface area contributed by atoms with E-state index in [4.69, 9.17) is 5.26 Å². The third kappa shape index (κ3) is 4.06. The molecule has 0 spiro atoms. The number of nitriles is 1. The normalized spacial score (nSPS) is 11.7. The average Bonchev–Trinajstić information content (AvgIpc) is 2.36. The average molecular weight is 246 g/mol. The quantitative estimate of drug-likeness (QED) is 0.825. The Morgan fingerprint density at radius 3 is 2.83 bits per heavy atom. The summed E-state index contributed by atoms with van der Waals surface area (Å²) in [4.78, 5) is 15.7. The van der Waals surface area contributed by atoms with Gasteiger partial charge in [-0.2, -0.15) is 5.26 Å². The van der Waals surface area contributed by atoms with E-state index in [9.17, 15) is 4.79 Å². The fourth-order valence-electron chi connectivity index (χ4n) is 1.37. The van der Waals surface area contributed by atoms with Gasteiger partial charge in [0.25, 0.3) is 0 Å². The van der Waals surface area contributed by atoms with Crippen LogP contribution in [0.2, 0.25) is 0 Å². The maximum Gasteiger partial charge on any atom is 0.242 e. The monoisotopic (exact) mass is 246 g/mol. The Kier molecular flexibility index (Phi) is 5.12. The van der Waals surface area contributed by atoms with Crippen molar-refractivity contribution in [2.75, 3.05) is 11.9 Å². The van der Waals surface area contributed by atoms with Crippen LogP contribution in [0.5, 0.6) is 0 Å². The van der Waals surface area contributed by atoms with Crippen molar-refractivity contribution in [2.45, 2.75) is 26.8 Å². The van der Waals surface area contributed by atoms with Crippen LogP contribution in [0.4, 0.5) is 5.69 Å². The van der Waals surface area contributed by atoms with E-state index in [1.807, 2.05) is 19.9 Å². The molecule has 96 valence electrons. The minimum Gasteiger partial charge on any atom is -0.372 e. The molecule has 18 heavy (non-hydrogen) atoms. The van der Waals surface area contributed by atoms with Crippen LogP contribution in [0.25, 0.3) is 0 Å². The predicted octanol–water partition coefficient (Wildman–Crippen LogP) is 1.53. The van der Waals surface area contributed by atoms with Crippen LogP contribution in [0, 0.1) is 17.2 Å². The number of nitrogens with zero attached hydrogens (tertiary/aromatic N) is 2. The van der Waals surface area contributed by atoms with E-state index in [1.54, 1.807) is 25.3 Å². The maximum atomic E-state index is 11.8. The highest BCUT2D eigenvalue weighted by atomic mass is 16.2. The second-order valence-electron chi connectivity index (χ2n) is 4.52. The Balaban J connectivity index is 2.61. The summed E-state index contributed by atoms with van der Waals surface area (Å²) in [6, 6.07) is 5.04. The molecule has 5 heteroatoms. The second-order valence-corrected chi connectivity index (χ2v) is 4.52. The number of amides is 1. The van der Waals surface area contributed by atoms with Gasteiger partial charge in [-0.25, -0.2) is 4.98 Å². The first-order valence-electron chi connectivity index (χ1n) is 5.94. The first-order valence-corrected chi connectivity index (χ1v) is 5.94. The fourth-order valence-corrected chi connectivity index (χ4v) is 1.37. The molecule has 0 fully saturated rings. The van der Waals surface area contributed by atoms with E-state index in [-0.39, 0.29) is 5.91 Å².